The van der Waals surface area contributed by atoms with Crippen LogP contribution in [0, 0.1) is 0 Å². The average molecular weight is 264 g/mol. The van der Waals surface area contributed by atoms with E-state index in [0.29, 0.717) is 11.6 Å². The van der Waals surface area contributed by atoms with Crippen LogP contribution in [0.5, 0.6) is 0 Å². The highest BCUT2D eigenvalue weighted by Gasteiger charge is 2.32. The Labute approximate surface area is 117 Å². The molecule has 108 valence electrons. The van der Waals surface area contributed by atoms with Crippen molar-refractivity contribution >= 4 is 0 Å². The predicted octanol–water partition coefficient (Wildman–Crippen LogP) is 3.06. The van der Waals surface area contributed by atoms with Gasteiger partial charge in [0.2, 0.25) is 0 Å². The zero-order chi connectivity index (χ0) is 13.7. The molecular formula is C16H28N2O. The molecule has 1 aliphatic rings. The quantitative estimate of drug-likeness (QED) is 0.886. The summed E-state index contributed by atoms with van der Waals surface area (Å²) in [6, 6.07) is 4.61. The van der Waals surface area contributed by atoms with Crippen molar-refractivity contribution in [2.75, 3.05) is 19.6 Å². The van der Waals surface area contributed by atoms with E-state index in [9.17, 15) is 0 Å². The molecule has 1 atom stereocenters. The molecule has 1 aliphatic heterocycles. The van der Waals surface area contributed by atoms with Gasteiger partial charge in [0.15, 0.2) is 0 Å². The smallest absolute Gasteiger partial charge is 0.105 e. The minimum absolute atomic E-state index is 0.300. The van der Waals surface area contributed by atoms with E-state index < -0.39 is 0 Å². The molecule has 1 aromatic heterocycles. The summed E-state index contributed by atoms with van der Waals surface area (Å²) in [5, 5.41) is 3.77. The molecule has 0 saturated carbocycles. The van der Waals surface area contributed by atoms with E-state index in [4.69, 9.17) is 4.42 Å². The summed E-state index contributed by atoms with van der Waals surface area (Å²) in [6.07, 6.45) is 6.43. The van der Waals surface area contributed by atoms with Gasteiger partial charge in [0.25, 0.3) is 0 Å². The third-order valence-electron chi connectivity index (χ3n) is 4.68. The van der Waals surface area contributed by atoms with Crippen LogP contribution >= 0.6 is 0 Å². The molecule has 2 rings (SSSR count). The van der Waals surface area contributed by atoms with Gasteiger partial charge in [-0.2, -0.15) is 0 Å². The Morgan fingerprint density at radius 1 is 1.42 bits per heavy atom. The van der Waals surface area contributed by atoms with Crippen LogP contribution in [0.25, 0.3) is 0 Å². The number of nitrogens with zero attached hydrogens (tertiary/aromatic N) is 1. The molecular weight excluding hydrogens is 236 g/mol. The van der Waals surface area contributed by atoms with E-state index >= 15 is 0 Å². The van der Waals surface area contributed by atoms with Crippen molar-refractivity contribution in [1.29, 1.82) is 0 Å². The Balaban J connectivity index is 2.01. The standard InChI is InChI=1S/C16H28N2O/c1-4-16(5-2)13-18(10-7-9-17-16)14(3)12-15-8-6-11-19-15/h6,8,11,14,17H,4-5,7,9-10,12-13H2,1-3H3. The number of hydrogen-bond donors (Lipinski definition) is 1. The second-order valence-electron chi connectivity index (χ2n) is 5.87. The first-order valence-electron chi connectivity index (χ1n) is 7.70. The zero-order valence-electron chi connectivity index (χ0n) is 12.6. The highest BCUT2D eigenvalue weighted by molar-refractivity contribution is 5.01. The average Bonchev–Trinajstić information content (AvgIpc) is 2.83. The van der Waals surface area contributed by atoms with E-state index in [1.807, 2.05) is 6.07 Å². The molecule has 0 aliphatic carbocycles. The minimum atomic E-state index is 0.300. The van der Waals surface area contributed by atoms with E-state index in [-0.39, 0.29) is 0 Å². The second kappa shape index (κ2) is 6.58. The van der Waals surface area contributed by atoms with Crippen LogP contribution < -0.4 is 5.32 Å². The van der Waals surface area contributed by atoms with Crippen LogP contribution in [0.4, 0.5) is 0 Å². The third-order valence-corrected chi connectivity index (χ3v) is 4.68. The topological polar surface area (TPSA) is 28.4 Å². The van der Waals surface area contributed by atoms with E-state index in [1.54, 1.807) is 6.26 Å². The van der Waals surface area contributed by atoms with Gasteiger partial charge in [-0.05, 0) is 51.4 Å². The molecule has 1 saturated heterocycles. The van der Waals surface area contributed by atoms with Gasteiger partial charge in [-0.1, -0.05) is 13.8 Å². The van der Waals surface area contributed by atoms with Gasteiger partial charge in [-0.3, -0.25) is 4.90 Å². The summed E-state index contributed by atoms with van der Waals surface area (Å²) in [7, 11) is 0. The Kier molecular flexibility index (Phi) is 5.06. The molecule has 2 heterocycles. The lowest BCUT2D eigenvalue weighted by Crippen LogP contribution is -2.52. The molecule has 1 N–H and O–H groups in total. The summed E-state index contributed by atoms with van der Waals surface area (Å²) < 4.78 is 5.49. The maximum Gasteiger partial charge on any atom is 0.105 e. The molecule has 19 heavy (non-hydrogen) atoms. The SMILES string of the molecule is CCC1(CC)CN(C(C)Cc2ccco2)CCCN1. The van der Waals surface area contributed by atoms with E-state index in [0.717, 1.165) is 25.3 Å². The zero-order valence-corrected chi connectivity index (χ0v) is 12.6. The summed E-state index contributed by atoms with van der Waals surface area (Å²) >= 11 is 0. The summed E-state index contributed by atoms with van der Waals surface area (Å²) in [5.74, 6) is 1.10. The minimum Gasteiger partial charge on any atom is -0.469 e. The first kappa shape index (κ1) is 14.6. The largest absolute Gasteiger partial charge is 0.469 e. The number of furan rings is 1. The van der Waals surface area contributed by atoms with Crippen molar-refractivity contribution in [3.63, 3.8) is 0 Å². The molecule has 0 aromatic carbocycles. The molecule has 1 fully saturated rings. The highest BCUT2D eigenvalue weighted by atomic mass is 16.3. The molecule has 0 bridgehead atoms. The second-order valence-corrected chi connectivity index (χ2v) is 5.87. The van der Waals surface area contributed by atoms with Crippen molar-refractivity contribution in [3.05, 3.63) is 24.2 Å². The van der Waals surface area contributed by atoms with Crippen molar-refractivity contribution in [3.8, 4) is 0 Å². The fourth-order valence-electron chi connectivity index (χ4n) is 3.11. The van der Waals surface area contributed by atoms with Gasteiger partial charge >= 0.3 is 0 Å². The van der Waals surface area contributed by atoms with Gasteiger partial charge in [-0.25, -0.2) is 0 Å². The van der Waals surface area contributed by atoms with E-state index in [2.05, 4.69) is 37.1 Å². The van der Waals surface area contributed by atoms with Crippen molar-refractivity contribution in [2.45, 2.75) is 58.0 Å². The molecule has 1 aromatic rings. The Bertz CT molecular complexity index is 357. The number of nitrogens with one attached hydrogen (secondary N) is 1. The van der Waals surface area contributed by atoms with E-state index in [1.165, 1.54) is 25.8 Å². The monoisotopic (exact) mass is 264 g/mol. The first-order valence-corrected chi connectivity index (χ1v) is 7.70. The molecule has 3 nitrogen and oxygen atoms in total. The molecule has 0 radical (unpaired) electrons. The summed E-state index contributed by atoms with van der Waals surface area (Å²) in [6.45, 7) is 10.4. The maximum absolute atomic E-state index is 5.49. The van der Waals surface area contributed by atoms with Crippen molar-refractivity contribution in [1.82, 2.24) is 10.2 Å². The third kappa shape index (κ3) is 3.61. The first-order chi connectivity index (χ1) is 9.19. The highest BCUT2D eigenvalue weighted by Crippen LogP contribution is 2.22. The lowest BCUT2D eigenvalue weighted by atomic mass is 9.91. The van der Waals surface area contributed by atoms with Gasteiger partial charge in [-0.15, -0.1) is 0 Å². The molecule has 0 spiro atoms. The summed E-state index contributed by atoms with van der Waals surface area (Å²) in [5.41, 5.74) is 0.300. The normalized spacial score (nSPS) is 22.1. The molecule has 0 amide bonds. The van der Waals surface area contributed by atoms with Crippen LogP contribution in [0.1, 0.15) is 45.8 Å². The van der Waals surface area contributed by atoms with Gasteiger partial charge in [0, 0.05) is 24.5 Å². The summed E-state index contributed by atoms with van der Waals surface area (Å²) in [4.78, 5) is 2.63. The Morgan fingerprint density at radius 2 is 2.21 bits per heavy atom. The fraction of sp³-hybridized carbons (Fsp3) is 0.750. The van der Waals surface area contributed by atoms with Gasteiger partial charge < -0.3 is 9.73 Å². The predicted molar refractivity (Wildman–Crippen MR) is 79.4 cm³/mol. The molecule has 3 heteroatoms. The number of hydrogen-bond acceptors (Lipinski definition) is 3. The lowest BCUT2D eigenvalue weighted by Gasteiger charge is -2.38. The molecule has 1 unspecified atom stereocenters. The Hall–Kier alpha value is -0.800. The maximum atomic E-state index is 5.49. The van der Waals surface area contributed by atoms with Crippen LogP contribution in [-0.4, -0.2) is 36.1 Å². The fourth-order valence-corrected chi connectivity index (χ4v) is 3.11. The van der Waals surface area contributed by atoms with Crippen LogP contribution in [0.3, 0.4) is 0 Å². The van der Waals surface area contributed by atoms with Crippen molar-refractivity contribution < 1.29 is 4.42 Å². The van der Waals surface area contributed by atoms with Gasteiger partial charge in [0.05, 0.1) is 6.26 Å². The van der Waals surface area contributed by atoms with Crippen molar-refractivity contribution in [2.24, 2.45) is 0 Å². The van der Waals surface area contributed by atoms with Gasteiger partial charge in [0.1, 0.15) is 5.76 Å². The Morgan fingerprint density at radius 3 is 2.84 bits per heavy atom. The van der Waals surface area contributed by atoms with Crippen LogP contribution in [0.2, 0.25) is 0 Å². The van der Waals surface area contributed by atoms with Crippen LogP contribution in [0.15, 0.2) is 22.8 Å². The van der Waals surface area contributed by atoms with Crippen LogP contribution in [-0.2, 0) is 6.42 Å². The lowest BCUT2D eigenvalue weighted by molar-refractivity contribution is 0.152. The number of rotatable bonds is 5.